The highest BCUT2D eigenvalue weighted by molar-refractivity contribution is 5.83. The molecule has 0 saturated heterocycles. The van der Waals surface area contributed by atoms with E-state index >= 15 is 0 Å². The van der Waals surface area contributed by atoms with E-state index in [1.54, 1.807) is 31.5 Å². The molecule has 8 heteroatoms. The summed E-state index contributed by atoms with van der Waals surface area (Å²) in [7, 11) is 0. The van der Waals surface area contributed by atoms with E-state index in [0.717, 1.165) is 12.8 Å². The van der Waals surface area contributed by atoms with E-state index in [4.69, 9.17) is 0 Å². The van der Waals surface area contributed by atoms with E-state index in [0.29, 0.717) is 29.1 Å². The molecule has 0 aliphatic carbocycles. The molecule has 0 bridgehead atoms. The van der Waals surface area contributed by atoms with E-state index < -0.39 is 17.9 Å². The number of H-pyrrole nitrogens is 1. The van der Waals surface area contributed by atoms with Crippen molar-refractivity contribution in [1.29, 1.82) is 0 Å². The molecule has 0 radical (unpaired) electrons. The van der Waals surface area contributed by atoms with Gasteiger partial charge in [0.25, 0.3) is 5.56 Å². The van der Waals surface area contributed by atoms with Crippen molar-refractivity contribution in [2.45, 2.75) is 52.0 Å². The van der Waals surface area contributed by atoms with Gasteiger partial charge in [0, 0.05) is 35.6 Å². The van der Waals surface area contributed by atoms with E-state index in [-0.39, 0.29) is 18.4 Å². The standard InChI is InChI=1S/C19H24N4O4/c1-3-4-7-15(19(26)27)22-16(24)9-8-14-12(2)21-17(23-18(14)25)13-6-5-10-20-11-13/h5-6,10-11,15H,3-4,7-9H2,1-2H3,(H,22,24)(H,26,27)(H,21,23,25)/t15-/m0/s1. The largest absolute Gasteiger partial charge is 0.480 e. The molecule has 2 rings (SSSR count). The van der Waals surface area contributed by atoms with Gasteiger partial charge in [-0.1, -0.05) is 19.8 Å². The first-order chi connectivity index (χ1) is 12.9. The van der Waals surface area contributed by atoms with Crippen LogP contribution in [0, 0.1) is 6.92 Å². The molecule has 8 nitrogen and oxygen atoms in total. The molecule has 0 unspecified atom stereocenters. The van der Waals surface area contributed by atoms with Gasteiger partial charge in [0.05, 0.1) is 0 Å². The summed E-state index contributed by atoms with van der Waals surface area (Å²) >= 11 is 0. The number of pyridine rings is 1. The third-order valence-electron chi connectivity index (χ3n) is 4.24. The highest BCUT2D eigenvalue weighted by Gasteiger charge is 2.19. The minimum Gasteiger partial charge on any atom is -0.480 e. The second-order valence-corrected chi connectivity index (χ2v) is 6.32. The molecular formula is C19H24N4O4. The Kier molecular flexibility index (Phi) is 7.22. The normalized spacial score (nSPS) is 11.8. The summed E-state index contributed by atoms with van der Waals surface area (Å²) < 4.78 is 0. The monoisotopic (exact) mass is 372 g/mol. The molecule has 0 fully saturated rings. The fourth-order valence-corrected chi connectivity index (χ4v) is 2.72. The Morgan fingerprint density at radius 3 is 2.74 bits per heavy atom. The molecule has 0 saturated carbocycles. The van der Waals surface area contributed by atoms with Gasteiger partial charge in [-0.15, -0.1) is 0 Å². The van der Waals surface area contributed by atoms with Gasteiger partial charge in [-0.05, 0) is 31.9 Å². The molecule has 0 aromatic carbocycles. The van der Waals surface area contributed by atoms with Gasteiger partial charge < -0.3 is 15.4 Å². The summed E-state index contributed by atoms with van der Waals surface area (Å²) in [5, 5.41) is 11.7. The van der Waals surface area contributed by atoms with Gasteiger partial charge in [-0.2, -0.15) is 0 Å². The van der Waals surface area contributed by atoms with E-state index in [1.165, 1.54) is 0 Å². The van der Waals surface area contributed by atoms with Crippen LogP contribution in [0.3, 0.4) is 0 Å². The van der Waals surface area contributed by atoms with Gasteiger partial charge in [0.1, 0.15) is 11.9 Å². The van der Waals surface area contributed by atoms with Crippen molar-refractivity contribution in [2.75, 3.05) is 0 Å². The number of hydrogen-bond donors (Lipinski definition) is 3. The lowest BCUT2D eigenvalue weighted by molar-refractivity contribution is -0.142. The minimum atomic E-state index is -1.05. The van der Waals surface area contributed by atoms with E-state index in [2.05, 4.69) is 20.3 Å². The molecule has 0 spiro atoms. The summed E-state index contributed by atoms with van der Waals surface area (Å²) in [5.74, 6) is -1.02. The molecule has 0 aliphatic rings. The van der Waals surface area contributed by atoms with Crippen LogP contribution in [-0.4, -0.2) is 38.0 Å². The minimum absolute atomic E-state index is 0.0216. The Hall–Kier alpha value is -3.03. The van der Waals surface area contributed by atoms with Crippen LogP contribution in [0.5, 0.6) is 0 Å². The zero-order valence-electron chi connectivity index (χ0n) is 15.5. The molecular weight excluding hydrogens is 348 g/mol. The lowest BCUT2D eigenvalue weighted by atomic mass is 10.1. The van der Waals surface area contributed by atoms with Crippen molar-refractivity contribution in [1.82, 2.24) is 20.3 Å². The molecule has 27 heavy (non-hydrogen) atoms. The van der Waals surface area contributed by atoms with E-state index in [1.807, 2.05) is 6.92 Å². The maximum absolute atomic E-state index is 12.4. The van der Waals surface area contributed by atoms with Gasteiger partial charge in [-0.3, -0.25) is 14.6 Å². The van der Waals surface area contributed by atoms with Crippen LogP contribution in [0.4, 0.5) is 0 Å². The quantitative estimate of drug-likeness (QED) is 0.617. The fraction of sp³-hybridized carbons (Fsp3) is 0.421. The Morgan fingerprint density at radius 1 is 1.37 bits per heavy atom. The third-order valence-corrected chi connectivity index (χ3v) is 4.24. The van der Waals surface area contributed by atoms with Crippen LogP contribution < -0.4 is 10.9 Å². The molecule has 2 aromatic heterocycles. The smallest absolute Gasteiger partial charge is 0.326 e. The summed E-state index contributed by atoms with van der Waals surface area (Å²) in [4.78, 5) is 46.8. The summed E-state index contributed by atoms with van der Waals surface area (Å²) in [6.07, 6.45) is 5.40. The number of amides is 1. The van der Waals surface area contributed by atoms with Crippen molar-refractivity contribution < 1.29 is 14.7 Å². The number of carboxylic acid groups (broad SMARTS) is 1. The number of unbranched alkanes of at least 4 members (excludes halogenated alkanes) is 1. The SMILES string of the molecule is CCCC[C@H](NC(=O)CCc1c(C)nc(-c2cccnc2)[nH]c1=O)C(=O)O. The molecule has 2 aromatic rings. The van der Waals surface area contributed by atoms with Gasteiger partial charge in [0.2, 0.25) is 5.91 Å². The van der Waals surface area contributed by atoms with Crippen LogP contribution in [0.25, 0.3) is 11.4 Å². The Labute approximate surface area is 157 Å². The number of carboxylic acids is 1. The van der Waals surface area contributed by atoms with Crippen LogP contribution in [0.1, 0.15) is 43.9 Å². The van der Waals surface area contributed by atoms with Gasteiger partial charge in [-0.25, -0.2) is 9.78 Å². The lowest BCUT2D eigenvalue weighted by Crippen LogP contribution is -2.41. The second kappa shape index (κ2) is 9.61. The first-order valence-electron chi connectivity index (χ1n) is 8.94. The second-order valence-electron chi connectivity index (χ2n) is 6.32. The van der Waals surface area contributed by atoms with Crippen LogP contribution >= 0.6 is 0 Å². The van der Waals surface area contributed by atoms with Crippen molar-refractivity contribution in [3.05, 3.63) is 46.1 Å². The number of hydrogen-bond acceptors (Lipinski definition) is 5. The third kappa shape index (κ3) is 5.73. The number of aryl methyl sites for hydroxylation is 1. The van der Waals surface area contributed by atoms with Crippen molar-refractivity contribution >= 4 is 11.9 Å². The van der Waals surface area contributed by atoms with Crippen LogP contribution in [0.15, 0.2) is 29.3 Å². The number of nitrogens with zero attached hydrogens (tertiary/aromatic N) is 2. The van der Waals surface area contributed by atoms with Crippen molar-refractivity contribution in [3.8, 4) is 11.4 Å². The Bertz CT molecular complexity index is 849. The Balaban J connectivity index is 2.04. The summed E-state index contributed by atoms with van der Waals surface area (Å²) in [6.45, 7) is 3.67. The average molecular weight is 372 g/mol. The molecule has 2 heterocycles. The first-order valence-corrected chi connectivity index (χ1v) is 8.94. The maximum atomic E-state index is 12.4. The molecule has 0 aliphatic heterocycles. The lowest BCUT2D eigenvalue weighted by Gasteiger charge is -2.14. The fourth-order valence-electron chi connectivity index (χ4n) is 2.72. The molecule has 144 valence electrons. The molecule has 1 amide bonds. The number of aliphatic carboxylic acids is 1. The Morgan fingerprint density at radius 2 is 2.15 bits per heavy atom. The van der Waals surface area contributed by atoms with Crippen LogP contribution in [0.2, 0.25) is 0 Å². The number of carbonyl (C=O) groups excluding carboxylic acids is 1. The number of rotatable bonds is 9. The number of nitrogens with one attached hydrogen (secondary N) is 2. The predicted octanol–water partition coefficient (Wildman–Crippen LogP) is 1.83. The van der Waals surface area contributed by atoms with Crippen molar-refractivity contribution in [3.63, 3.8) is 0 Å². The highest BCUT2D eigenvalue weighted by atomic mass is 16.4. The average Bonchev–Trinajstić information content (AvgIpc) is 2.64. The number of aromatic nitrogens is 3. The maximum Gasteiger partial charge on any atom is 0.326 e. The summed E-state index contributed by atoms with van der Waals surface area (Å²) in [5.41, 5.74) is 1.33. The topological polar surface area (TPSA) is 125 Å². The number of carbonyl (C=O) groups is 2. The molecule has 1 atom stereocenters. The summed E-state index contributed by atoms with van der Waals surface area (Å²) in [6, 6.07) is 2.64. The van der Waals surface area contributed by atoms with Gasteiger partial charge >= 0.3 is 5.97 Å². The van der Waals surface area contributed by atoms with Crippen LogP contribution in [-0.2, 0) is 16.0 Å². The number of aromatic amines is 1. The zero-order valence-corrected chi connectivity index (χ0v) is 15.5. The molecule has 3 N–H and O–H groups in total. The van der Waals surface area contributed by atoms with E-state index in [9.17, 15) is 19.5 Å². The highest BCUT2D eigenvalue weighted by Crippen LogP contribution is 2.13. The first kappa shape index (κ1) is 20.3. The van der Waals surface area contributed by atoms with Gasteiger partial charge in [0.15, 0.2) is 0 Å². The predicted molar refractivity (Wildman–Crippen MR) is 100 cm³/mol. The zero-order chi connectivity index (χ0) is 19.8. The van der Waals surface area contributed by atoms with Crippen molar-refractivity contribution in [2.24, 2.45) is 0 Å².